The molecular weight excluding hydrogens is 222 g/mol. The van der Waals surface area contributed by atoms with Crippen molar-refractivity contribution >= 4 is 11.4 Å². The van der Waals surface area contributed by atoms with E-state index in [9.17, 15) is 0 Å². The van der Waals surface area contributed by atoms with Crippen molar-refractivity contribution in [2.75, 3.05) is 49.5 Å². The Morgan fingerprint density at radius 2 is 2.00 bits per heavy atom. The molecule has 2 heterocycles. The maximum atomic E-state index is 3.48. The van der Waals surface area contributed by atoms with Gasteiger partial charge in [-0.25, -0.2) is 0 Å². The van der Waals surface area contributed by atoms with Crippen LogP contribution in [0.2, 0.25) is 0 Å². The van der Waals surface area contributed by atoms with E-state index in [-0.39, 0.29) is 0 Å². The molecule has 0 aromatic heterocycles. The fourth-order valence-corrected chi connectivity index (χ4v) is 2.98. The standard InChI is InChI=1S/C15H23N3/c1-2-17-8-10-18(11-9-17)14-5-6-15-13(12-14)4-3-7-16-15/h5-6,12,16H,2-4,7-11H2,1H3. The molecule has 2 aliphatic heterocycles. The Labute approximate surface area is 110 Å². The number of aryl methyl sites for hydroxylation is 1. The number of nitrogens with zero attached hydrogens (tertiary/aromatic N) is 2. The average molecular weight is 245 g/mol. The highest BCUT2D eigenvalue weighted by Gasteiger charge is 2.17. The molecule has 3 heteroatoms. The highest BCUT2D eigenvalue weighted by molar-refractivity contribution is 5.61. The first-order chi connectivity index (χ1) is 8.86. The lowest BCUT2D eigenvalue weighted by molar-refractivity contribution is 0.271. The third-order valence-electron chi connectivity index (χ3n) is 4.21. The quantitative estimate of drug-likeness (QED) is 0.861. The second-order valence-corrected chi connectivity index (χ2v) is 5.29. The number of hydrogen-bond acceptors (Lipinski definition) is 3. The Morgan fingerprint density at radius 1 is 1.17 bits per heavy atom. The van der Waals surface area contributed by atoms with Crippen LogP contribution in [0, 0.1) is 0 Å². The number of rotatable bonds is 2. The van der Waals surface area contributed by atoms with Crippen LogP contribution >= 0.6 is 0 Å². The van der Waals surface area contributed by atoms with Crippen molar-refractivity contribution in [2.45, 2.75) is 19.8 Å². The maximum Gasteiger partial charge on any atom is 0.0374 e. The monoisotopic (exact) mass is 245 g/mol. The number of hydrogen-bond donors (Lipinski definition) is 1. The van der Waals surface area contributed by atoms with Crippen LogP contribution in [0.25, 0.3) is 0 Å². The molecule has 1 N–H and O–H groups in total. The third kappa shape index (κ3) is 2.32. The van der Waals surface area contributed by atoms with E-state index in [1.165, 1.54) is 62.5 Å². The second-order valence-electron chi connectivity index (χ2n) is 5.29. The number of anilines is 2. The summed E-state index contributed by atoms with van der Waals surface area (Å²) in [5.41, 5.74) is 4.25. The molecule has 18 heavy (non-hydrogen) atoms. The summed E-state index contributed by atoms with van der Waals surface area (Å²) in [5.74, 6) is 0. The molecular formula is C15H23N3. The summed E-state index contributed by atoms with van der Waals surface area (Å²) < 4.78 is 0. The van der Waals surface area contributed by atoms with E-state index < -0.39 is 0 Å². The second kappa shape index (κ2) is 5.19. The van der Waals surface area contributed by atoms with Crippen molar-refractivity contribution in [3.8, 4) is 0 Å². The molecule has 0 unspecified atom stereocenters. The van der Waals surface area contributed by atoms with Crippen molar-refractivity contribution in [1.82, 2.24) is 4.90 Å². The summed E-state index contributed by atoms with van der Waals surface area (Å²) in [7, 11) is 0. The normalized spacial score (nSPS) is 20.4. The molecule has 1 aromatic carbocycles. The van der Waals surface area contributed by atoms with Crippen LogP contribution in [0.3, 0.4) is 0 Å². The zero-order chi connectivity index (χ0) is 12.4. The van der Waals surface area contributed by atoms with Crippen molar-refractivity contribution in [2.24, 2.45) is 0 Å². The summed E-state index contributed by atoms with van der Waals surface area (Å²) >= 11 is 0. The summed E-state index contributed by atoms with van der Waals surface area (Å²) in [6.45, 7) is 9.29. The number of nitrogens with one attached hydrogen (secondary N) is 1. The van der Waals surface area contributed by atoms with Gasteiger partial charge in [-0.15, -0.1) is 0 Å². The van der Waals surface area contributed by atoms with Gasteiger partial charge in [-0.05, 0) is 43.1 Å². The van der Waals surface area contributed by atoms with Gasteiger partial charge in [-0.2, -0.15) is 0 Å². The zero-order valence-corrected chi connectivity index (χ0v) is 11.3. The molecule has 0 amide bonds. The number of likely N-dealkylation sites (N-methyl/N-ethyl adjacent to an activating group) is 1. The van der Waals surface area contributed by atoms with Gasteiger partial charge in [0.1, 0.15) is 0 Å². The first-order valence-corrected chi connectivity index (χ1v) is 7.21. The van der Waals surface area contributed by atoms with Crippen LogP contribution in [0.4, 0.5) is 11.4 Å². The van der Waals surface area contributed by atoms with Gasteiger partial charge in [-0.1, -0.05) is 6.92 Å². The molecule has 1 aromatic rings. The minimum atomic E-state index is 1.13. The summed E-state index contributed by atoms with van der Waals surface area (Å²) in [6, 6.07) is 6.93. The summed E-state index contributed by atoms with van der Waals surface area (Å²) in [6.07, 6.45) is 2.49. The van der Waals surface area contributed by atoms with Gasteiger partial charge >= 0.3 is 0 Å². The van der Waals surface area contributed by atoms with E-state index in [1.54, 1.807) is 0 Å². The average Bonchev–Trinajstić information content (AvgIpc) is 2.47. The molecule has 98 valence electrons. The van der Waals surface area contributed by atoms with Gasteiger partial charge in [-0.3, -0.25) is 0 Å². The van der Waals surface area contributed by atoms with Crippen LogP contribution in [-0.2, 0) is 6.42 Å². The molecule has 0 aliphatic carbocycles. The predicted molar refractivity (Wildman–Crippen MR) is 77.6 cm³/mol. The molecule has 0 atom stereocenters. The molecule has 2 aliphatic rings. The van der Waals surface area contributed by atoms with Crippen LogP contribution < -0.4 is 10.2 Å². The van der Waals surface area contributed by atoms with Gasteiger partial charge in [0.15, 0.2) is 0 Å². The SMILES string of the molecule is CCN1CCN(c2ccc3c(c2)CCCN3)CC1. The van der Waals surface area contributed by atoms with E-state index in [4.69, 9.17) is 0 Å². The summed E-state index contributed by atoms with van der Waals surface area (Å²) in [4.78, 5) is 5.05. The first kappa shape index (κ1) is 11.8. The highest BCUT2D eigenvalue weighted by atomic mass is 15.3. The first-order valence-electron chi connectivity index (χ1n) is 7.21. The fourth-order valence-electron chi connectivity index (χ4n) is 2.98. The number of benzene rings is 1. The van der Waals surface area contributed by atoms with Crippen LogP contribution in [0.1, 0.15) is 18.9 Å². The van der Waals surface area contributed by atoms with Crippen molar-refractivity contribution in [3.63, 3.8) is 0 Å². The van der Waals surface area contributed by atoms with Crippen LogP contribution in [0.15, 0.2) is 18.2 Å². The van der Waals surface area contributed by atoms with E-state index in [0.29, 0.717) is 0 Å². The zero-order valence-electron chi connectivity index (χ0n) is 11.3. The number of piperazine rings is 1. The smallest absolute Gasteiger partial charge is 0.0374 e. The van der Waals surface area contributed by atoms with Gasteiger partial charge in [0.25, 0.3) is 0 Å². The molecule has 0 bridgehead atoms. The molecule has 1 saturated heterocycles. The minimum Gasteiger partial charge on any atom is -0.385 e. The predicted octanol–water partition coefficient (Wildman–Crippen LogP) is 2.19. The lowest BCUT2D eigenvalue weighted by Crippen LogP contribution is -2.46. The topological polar surface area (TPSA) is 18.5 Å². The molecule has 3 nitrogen and oxygen atoms in total. The molecule has 0 spiro atoms. The van der Waals surface area contributed by atoms with Gasteiger partial charge in [0, 0.05) is 44.1 Å². The lowest BCUT2D eigenvalue weighted by Gasteiger charge is -2.36. The maximum absolute atomic E-state index is 3.48. The highest BCUT2D eigenvalue weighted by Crippen LogP contribution is 2.27. The Balaban J connectivity index is 1.73. The van der Waals surface area contributed by atoms with E-state index >= 15 is 0 Å². The van der Waals surface area contributed by atoms with Crippen molar-refractivity contribution in [1.29, 1.82) is 0 Å². The largest absolute Gasteiger partial charge is 0.385 e. The minimum absolute atomic E-state index is 1.13. The van der Waals surface area contributed by atoms with Gasteiger partial charge < -0.3 is 15.1 Å². The van der Waals surface area contributed by atoms with Crippen LogP contribution in [-0.4, -0.2) is 44.2 Å². The number of fused-ring (bicyclic) bond motifs is 1. The van der Waals surface area contributed by atoms with Gasteiger partial charge in [0.05, 0.1) is 0 Å². The van der Waals surface area contributed by atoms with Gasteiger partial charge in [0.2, 0.25) is 0 Å². The van der Waals surface area contributed by atoms with E-state index in [0.717, 1.165) is 6.54 Å². The molecule has 0 saturated carbocycles. The molecule has 3 rings (SSSR count). The molecule has 1 fully saturated rings. The van der Waals surface area contributed by atoms with E-state index in [2.05, 4.69) is 40.2 Å². The van der Waals surface area contributed by atoms with Crippen molar-refractivity contribution in [3.05, 3.63) is 23.8 Å². The lowest BCUT2D eigenvalue weighted by atomic mass is 10.0. The fraction of sp³-hybridized carbons (Fsp3) is 0.600. The molecule has 0 radical (unpaired) electrons. The van der Waals surface area contributed by atoms with Crippen molar-refractivity contribution < 1.29 is 0 Å². The van der Waals surface area contributed by atoms with Crippen LogP contribution in [0.5, 0.6) is 0 Å². The Bertz CT molecular complexity index is 408. The van der Waals surface area contributed by atoms with E-state index in [1.807, 2.05) is 0 Å². The Hall–Kier alpha value is -1.22. The Kier molecular flexibility index (Phi) is 3.41. The Morgan fingerprint density at radius 3 is 2.78 bits per heavy atom. The third-order valence-corrected chi connectivity index (χ3v) is 4.21. The summed E-state index contributed by atoms with van der Waals surface area (Å²) in [5, 5.41) is 3.48.